The van der Waals surface area contributed by atoms with Crippen molar-refractivity contribution in [2.75, 3.05) is 31.1 Å². The fourth-order valence-corrected chi connectivity index (χ4v) is 5.88. The lowest BCUT2D eigenvalue weighted by molar-refractivity contribution is 0.0693. The van der Waals surface area contributed by atoms with Gasteiger partial charge in [-0.2, -0.15) is 4.98 Å². The molecule has 5 rings (SSSR count). The lowest BCUT2D eigenvalue weighted by atomic mass is 9.86. The Morgan fingerprint density at radius 2 is 1.60 bits per heavy atom. The van der Waals surface area contributed by atoms with Crippen LogP contribution in [0.15, 0.2) is 83.9 Å². The standard InChI is InChI=1S/C36H36N4O7S/c1-36(2,3)22-19-27(33(46-5)30(20-22)48(6)44)39-35(43)38-26-13-14-28(24-10-8-7-9-23(24)26)47-32-15-16-37-31(40-32)18-21-11-12-25(34(41)42)29(17-21)45-4/h7-17,19-20H,18H2,1-6H3,(H,41,42)(H2,38,39,43). The summed E-state index contributed by atoms with van der Waals surface area (Å²) in [4.78, 5) is 34.2. The zero-order valence-corrected chi connectivity index (χ0v) is 28.2. The van der Waals surface area contributed by atoms with Crippen molar-refractivity contribution in [1.29, 1.82) is 0 Å². The summed E-state index contributed by atoms with van der Waals surface area (Å²) in [6, 6.07) is 20.6. The second-order valence-corrected chi connectivity index (χ2v) is 13.3. The number of urea groups is 1. The molecule has 2 amide bonds. The highest BCUT2D eigenvalue weighted by Crippen LogP contribution is 2.38. The molecule has 0 radical (unpaired) electrons. The molecule has 0 aliphatic carbocycles. The van der Waals surface area contributed by atoms with Gasteiger partial charge in [0.05, 0.1) is 41.3 Å². The monoisotopic (exact) mass is 668 g/mol. The Morgan fingerprint density at radius 1 is 0.875 bits per heavy atom. The van der Waals surface area contributed by atoms with Gasteiger partial charge >= 0.3 is 12.0 Å². The van der Waals surface area contributed by atoms with E-state index >= 15 is 0 Å². The molecule has 0 spiro atoms. The van der Waals surface area contributed by atoms with Crippen LogP contribution in [0.1, 0.15) is 48.1 Å². The number of carboxylic acids is 1. The van der Waals surface area contributed by atoms with Crippen molar-refractivity contribution in [2.24, 2.45) is 0 Å². The summed E-state index contributed by atoms with van der Waals surface area (Å²) in [7, 11) is 1.55. The summed E-state index contributed by atoms with van der Waals surface area (Å²) in [6.45, 7) is 6.12. The number of carbonyl (C=O) groups is 2. The van der Waals surface area contributed by atoms with E-state index in [1.54, 1.807) is 42.8 Å². The molecular weight excluding hydrogens is 632 g/mol. The van der Waals surface area contributed by atoms with E-state index in [4.69, 9.17) is 14.2 Å². The number of fused-ring (bicyclic) bond motifs is 1. The first-order chi connectivity index (χ1) is 22.9. The van der Waals surface area contributed by atoms with Crippen molar-refractivity contribution < 1.29 is 33.1 Å². The molecule has 11 nitrogen and oxygen atoms in total. The van der Waals surface area contributed by atoms with Crippen LogP contribution in [0.25, 0.3) is 10.8 Å². The fourth-order valence-electron chi connectivity index (χ4n) is 5.14. The molecule has 1 heterocycles. The van der Waals surface area contributed by atoms with Crippen molar-refractivity contribution in [3.05, 3.63) is 102 Å². The third kappa shape index (κ3) is 7.55. The van der Waals surface area contributed by atoms with Crippen LogP contribution in [0, 0.1) is 0 Å². The topological polar surface area (TPSA) is 149 Å². The predicted octanol–water partition coefficient (Wildman–Crippen LogP) is 7.41. The highest BCUT2D eigenvalue weighted by molar-refractivity contribution is 7.84. The fraction of sp³-hybridized carbons (Fsp3) is 0.222. The van der Waals surface area contributed by atoms with Gasteiger partial charge in [0.15, 0.2) is 5.75 Å². The molecule has 248 valence electrons. The number of hydrogen-bond donors (Lipinski definition) is 3. The van der Waals surface area contributed by atoms with Gasteiger partial charge in [-0.15, -0.1) is 0 Å². The SMILES string of the molecule is COc1cc(Cc2nccc(Oc3ccc(NC(=O)Nc4cc(C(C)(C)C)cc(S(C)=O)c4OC)c4ccccc34)n2)ccc1C(=O)O. The number of hydrogen-bond acceptors (Lipinski definition) is 8. The first kappa shape index (κ1) is 33.9. The molecule has 0 saturated carbocycles. The number of aromatic carboxylic acids is 1. The van der Waals surface area contributed by atoms with E-state index < -0.39 is 22.8 Å². The molecular formula is C36H36N4O7S. The number of amides is 2. The molecule has 0 fully saturated rings. The number of nitrogens with one attached hydrogen (secondary N) is 2. The van der Waals surface area contributed by atoms with Gasteiger partial charge in [-0.1, -0.05) is 51.1 Å². The van der Waals surface area contributed by atoms with Crippen LogP contribution in [-0.4, -0.2) is 51.8 Å². The minimum absolute atomic E-state index is 0.0688. The van der Waals surface area contributed by atoms with Gasteiger partial charge < -0.3 is 30.0 Å². The van der Waals surface area contributed by atoms with Crippen LogP contribution >= 0.6 is 0 Å². The Bertz CT molecular complexity index is 2040. The molecule has 1 unspecified atom stereocenters. The summed E-state index contributed by atoms with van der Waals surface area (Å²) < 4.78 is 29.6. The molecule has 3 N–H and O–H groups in total. The van der Waals surface area contributed by atoms with Crippen LogP contribution in [0.3, 0.4) is 0 Å². The Hall–Kier alpha value is -5.49. The van der Waals surface area contributed by atoms with Gasteiger partial charge in [0.1, 0.15) is 22.9 Å². The number of benzene rings is 4. The molecule has 1 atom stereocenters. The summed E-state index contributed by atoms with van der Waals surface area (Å²) >= 11 is 0. The largest absolute Gasteiger partial charge is 0.496 e. The van der Waals surface area contributed by atoms with Crippen LogP contribution in [-0.2, 0) is 22.6 Å². The van der Waals surface area contributed by atoms with Gasteiger partial charge in [0.25, 0.3) is 0 Å². The number of ether oxygens (including phenoxy) is 3. The Kier molecular flexibility index (Phi) is 9.95. The van der Waals surface area contributed by atoms with E-state index in [9.17, 15) is 18.9 Å². The van der Waals surface area contributed by atoms with Gasteiger partial charge in [-0.25, -0.2) is 14.6 Å². The Balaban J connectivity index is 1.38. The molecule has 0 aliphatic heterocycles. The maximum absolute atomic E-state index is 13.4. The van der Waals surface area contributed by atoms with E-state index in [0.29, 0.717) is 45.9 Å². The molecule has 0 saturated heterocycles. The number of rotatable bonds is 10. The zero-order chi connectivity index (χ0) is 34.6. The number of anilines is 2. The van der Waals surface area contributed by atoms with Crippen molar-refractivity contribution in [1.82, 2.24) is 9.97 Å². The minimum Gasteiger partial charge on any atom is -0.496 e. The van der Waals surface area contributed by atoms with Crippen LogP contribution in [0.2, 0.25) is 0 Å². The third-order valence-corrected chi connectivity index (χ3v) is 8.49. The molecule has 0 bridgehead atoms. The average molecular weight is 669 g/mol. The molecule has 0 aliphatic rings. The lowest BCUT2D eigenvalue weighted by Gasteiger charge is -2.23. The van der Waals surface area contributed by atoms with Crippen molar-refractivity contribution >= 4 is 44.9 Å². The van der Waals surface area contributed by atoms with Gasteiger partial charge in [0.2, 0.25) is 5.88 Å². The lowest BCUT2D eigenvalue weighted by Crippen LogP contribution is -2.21. The summed E-state index contributed by atoms with van der Waals surface area (Å²) in [6.07, 6.45) is 3.49. The Morgan fingerprint density at radius 3 is 2.27 bits per heavy atom. The first-order valence-corrected chi connectivity index (χ1v) is 16.5. The molecule has 48 heavy (non-hydrogen) atoms. The second kappa shape index (κ2) is 14.1. The predicted molar refractivity (Wildman–Crippen MR) is 185 cm³/mol. The molecule has 4 aromatic carbocycles. The zero-order valence-electron chi connectivity index (χ0n) is 27.4. The highest BCUT2D eigenvalue weighted by atomic mass is 32.2. The average Bonchev–Trinajstić information content (AvgIpc) is 3.05. The molecule has 12 heteroatoms. The molecule has 5 aromatic rings. The van der Waals surface area contributed by atoms with Gasteiger partial charge in [-0.3, -0.25) is 4.21 Å². The molecule has 1 aromatic heterocycles. The van der Waals surface area contributed by atoms with E-state index in [-0.39, 0.29) is 16.7 Å². The number of carboxylic acid groups (broad SMARTS) is 1. The van der Waals surface area contributed by atoms with E-state index in [1.807, 2.05) is 57.2 Å². The second-order valence-electron chi connectivity index (χ2n) is 11.9. The third-order valence-electron chi connectivity index (χ3n) is 7.57. The van der Waals surface area contributed by atoms with Gasteiger partial charge in [0, 0.05) is 35.7 Å². The maximum atomic E-state index is 13.4. The highest BCUT2D eigenvalue weighted by Gasteiger charge is 2.22. The minimum atomic E-state index is -1.35. The normalized spacial score (nSPS) is 11.9. The summed E-state index contributed by atoms with van der Waals surface area (Å²) in [5, 5.41) is 16.7. The first-order valence-electron chi connectivity index (χ1n) is 14.9. The van der Waals surface area contributed by atoms with Crippen LogP contribution < -0.4 is 24.8 Å². The summed E-state index contributed by atoms with van der Waals surface area (Å²) in [5.41, 5.74) is 2.44. The smallest absolute Gasteiger partial charge is 0.339 e. The number of nitrogens with zero attached hydrogens (tertiary/aromatic N) is 2. The van der Waals surface area contributed by atoms with Gasteiger partial charge in [-0.05, 0) is 52.9 Å². The number of aromatic nitrogens is 2. The van der Waals surface area contributed by atoms with E-state index in [2.05, 4.69) is 20.6 Å². The Labute approximate surface area is 280 Å². The number of methoxy groups -OCH3 is 2. The number of carbonyl (C=O) groups excluding carboxylic acids is 1. The van der Waals surface area contributed by atoms with Crippen LogP contribution in [0.5, 0.6) is 23.1 Å². The van der Waals surface area contributed by atoms with E-state index in [0.717, 1.165) is 21.9 Å². The van der Waals surface area contributed by atoms with E-state index in [1.165, 1.54) is 20.3 Å². The quantitative estimate of drug-likeness (QED) is 0.138. The van der Waals surface area contributed by atoms with Crippen molar-refractivity contribution in [3.63, 3.8) is 0 Å². The van der Waals surface area contributed by atoms with Crippen LogP contribution in [0.4, 0.5) is 16.2 Å². The van der Waals surface area contributed by atoms with Crippen molar-refractivity contribution in [3.8, 4) is 23.1 Å². The van der Waals surface area contributed by atoms with Crippen molar-refractivity contribution in [2.45, 2.75) is 37.5 Å². The maximum Gasteiger partial charge on any atom is 0.339 e. The summed E-state index contributed by atoms with van der Waals surface area (Å²) in [5.74, 6) is 0.817.